The van der Waals surface area contributed by atoms with Gasteiger partial charge in [-0.3, -0.25) is 9.59 Å². The summed E-state index contributed by atoms with van der Waals surface area (Å²) in [6, 6.07) is 2.97. The maximum atomic E-state index is 12.1. The van der Waals surface area contributed by atoms with E-state index in [0.717, 1.165) is 31.8 Å². The molecule has 2 heterocycles. The Balaban J connectivity index is 1.94. The van der Waals surface area contributed by atoms with Gasteiger partial charge in [0, 0.05) is 37.6 Å². The van der Waals surface area contributed by atoms with Gasteiger partial charge in [0.05, 0.1) is 0 Å². The van der Waals surface area contributed by atoms with Gasteiger partial charge < -0.3 is 9.47 Å². The van der Waals surface area contributed by atoms with Gasteiger partial charge in [0.1, 0.15) is 6.54 Å². The number of likely N-dealkylation sites (tertiary alicyclic amines) is 1. The lowest BCUT2D eigenvalue weighted by Gasteiger charge is -2.21. The molecule has 18 heavy (non-hydrogen) atoms. The highest BCUT2D eigenvalue weighted by Gasteiger charge is 2.18. The van der Waals surface area contributed by atoms with Gasteiger partial charge in [-0.05, 0) is 25.2 Å². The summed E-state index contributed by atoms with van der Waals surface area (Å²) in [5.74, 6) is 0.864. The monoisotopic (exact) mass is 248 g/mol. The number of hydrogen-bond acceptors (Lipinski definition) is 2. The maximum absolute atomic E-state index is 12.1. The molecule has 0 saturated carbocycles. The first-order chi connectivity index (χ1) is 8.65. The summed E-state index contributed by atoms with van der Waals surface area (Å²) in [6.45, 7) is 4.30. The van der Waals surface area contributed by atoms with E-state index in [9.17, 15) is 9.59 Å². The fourth-order valence-electron chi connectivity index (χ4n) is 2.32. The maximum Gasteiger partial charge on any atom is 0.242 e. The standard InChI is InChI=1S/C14H20N2O2/c1-12-3-2-7-16(10-4-12)14(18)11-15-8-5-13(17)6-9-15/h5-6,8-9,12H,2-4,7,10-11H2,1H3. The van der Waals surface area contributed by atoms with E-state index in [1.807, 2.05) is 4.90 Å². The van der Waals surface area contributed by atoms with Gasteiger partial charge in [0.15, 0.2) is 5.43 Å². The van der Waals surface area contributed by atoms with Crippen molar-refractivity contribution in [3.8, 4) is 0 Å². The highest BCUT2D eigenvalue weighted by molar-refractivity contribution is 5.76. The van der Waals surface area contributed by atoms with E-state index in [2.05, 4.69) is 6.92 Å². The predicted molar refractivity (Wildman–Crippen MR) is 70.3 cm³/mol. The van der Waals surface area contributed by atoms with Crippen molar-refractivity contribution in [2.75, 3.05) is 13.1 Å². The van der Waals surface area contributed by atoms with Crippen LogP contribution in [-0.4, -0.2) is 28.5 Å². The lowest BCUT2D eigenvalue weighted by atomic mass is 10.0. The molecule has 1 aliphatic heterocycles. The Morgan fingerprint density at radius 1 is 1.28 bits per heavy atom. The molecule has 1 atom stereocenters. The Kier molecular flexibility index (Phi) is 4.18. The fraction of sp³-hybridized carbons (Fsp3) is 0.571. The first kappa shape index (κ1) is 12.9. The number of rotatable bonds is 2. The van der Waals surface area contributed by atoms with Gasteiger partial charge in [-0.25, -0.2) is 0 Å². The molecule has 1 aromatic rings. The van der Waals surface area contributed by atoms with Crippen LogP contribution in [0.25, 0.3) is 0 Å². The highest BCUT2D eigenvalue weighted by atomic mass is 16.2. The Morgan fingerprint density at radius 3 is 2.72 bits per heavy atom. The Labute approximate surface area is 107 Å². The van der Waals surface area contributed by atoms with E-state index in [-0.39, 0.29) is 11.3 Å². The molecule has 0 spiro atoms. The van der Waals surface area contributed by atoms with Crippen molar-refractivity contribution in [3.63, 3.8) is 0 Å². The molecule has 4 heteroatoms. The average Bonchev–Trinajstić information content (AvgIpc) is 2.57. The largest absolute Gasteiger partial charge is 0.345 e. The topological polar surface area (TPSA) is 42.3 Å². The van der Waals surface area contributed by atoms with E-state index >= 15 is 0 Å². The highest BCUT2D eigenvalue weighted by Crippen LogP contribution is 2.16. The molecule has 1 amide bonds. The molecule has 0 bridgehead atoms. The van der Waals surface area contributed by atoms with Crippen LogP contribution in [0.1, 0.15) is 26.2 Å². The lowest BCUT2D eigenvalue weighted by Crippen LogP contribution is -2.34. The average molecular weight is 248 g/mol. The summed E-state index contributed by atoms with van der Waals surface area (Å²) < 4.78 is 1.76. The molecule has 0 radical (unpaired) electrons. The zero-order valence-corrected chi connectivity index (χ0v) is 10.8. The third-order valence-corrected chi connectivity index (χ3v) is 3.55. The van der Waals surface area contributed by atoms with E-state index in [1.165, 1.54) is 18.6 Å². The second-order valence-electron chi connectivity index (χ2n) is 5.12. The zero-order valence-electron chi connectivity index (χ0n) is 10.8. The van der Waals surface area contributed by atoms with E-state index < -0.39 is 0 Å². The van der Waals surface area contributed by atoms with E-state index in [4.69, 9.17) is 0 Å². The van der Waals surface area contributed by atoms with Gasteiger partial charge in [0.25, 0.3) is 0 Å². The summed E-state index contributed by atoms with van der Waals surface area (Å²) in [5, 5.41) is 0. The molecular formula is C14H20N2O2. The van der Waals surface area contributed by atoms with Crippen LogP contribution in [0.5, 0.6) is 0 Å². The van der Waals surface area contributed by atoms with Crippen LogP contribution in [0, 0.1) is 5.92 Å². The predicted octanol–water partition coefficient (Wildman–Crippen LogP) is 1.50. The van der Waals surface area contributed by atoms with Crippen molar-refractivity contribution in [1.82, 2.24) is 9.47 Å². The Bertz CT molecular complexity index is 447. The van der Waals surface area contributed by atoms with Crippen LogP contribution in [0.4, 0.5) is 0 Å². The van der Waals surface area contributed by atoms with Crippen LogP contribution < -0.4 is 5.43 Å². The lowest BCUT2D eigenvalue weighted by molar-refractivity contribution is -0.131. The summed E-state index contributed by atoms with van der Waals surface area (Å²) in [4.78, 5) is 25.1. The number of carbonyl (C=O) groups excluding carboxylic acids is 1. The molecule has 0 aromatic carbocycles. The van der Waals surface area contributed by atoms with Gasteiger partial charge in [0.2, 0.25) is 5.91 Å². The number of hydrogen-bond donors (Lipinski definition) is 0. The Morgan fingerprint density at radius 2 is 2.00 bits per heavy atom. The minimum atomic E-state index is -0.0257. The molecular weight excluding hydrogens is 228 g/mol. The van der Waals surface area contributed by atoms with Gasteiger partial charge >= 0.3 is 0 Å². The molecule has 1 fully saturated rings. The van der Waals surface area contributed by atoms with Crippen molar-refractivity contribution in [2.24, 2.45) is 5.92 Å². The van der Waals surface area contributed by atoms with Crippen LogP contribution in [0.15, 0.2) is 29.3 Å². The van der Waals surface area contributed by atoms with E-state index in [1.54, 1.807) is 17.0 Å². The van der Waals surface area contributed by atoms with Gasteiger partial charge in [-0.1, -0.05) is 6.92 Å². The number of nitrogens with zero attached hydrogens (tertiary/aromatic N) is 2. The first-order valence-electron chi connectivity index (χ1n) is 6.59. The van der Waals surface area contributed by atoms with Crippen LogP contribution in [0.2, 0.25) is 0 Å². The van der Waals surface area contributed by atoms with Crippen molar-refractivity contribution in [2.45, 2.75) is 32.7 Å². The van der Waals surface area contributed by atoms with Crippen LogP contribution >= 0.6 is 0 Å². The van der Waals surface area contributed by atoms with Crippen LogP contribution in [-0.2, 0) is 11.3 Å². The molecule has 2 rings (SSSR count). The molecule has 1 aliphatic rings. The fourth-order valence-corrected chi connectivity index (χ4v) is 2.32. The summed E-state index contributed by atoms with van der Waals surface area (Å²) in [6.07, 6.45) is 6.73. The molecule has 1 unspecified atom stereocenters. The van der Waals surface area contributed by atoms with Crippen molar-refractivity contribution < 1.29 is 4.79 Å². The quantitative estimate of drug-likeness (QED) is 0.796. The number of aromatic nitrogens is 1. The number of carbonyl (C=O) groups is 1. The number of pyridine rings is 1. The Hall–Kier alpha value is -1.58. The molecule has 98 valence electrons. The SMILES string of the molecule is CC1CCCN(C(=O)Cn2ccc(=O)cc2)CC1. The minimum absolute atomic E-state index is 0.0257. The molecule has 4 nitrogen and oxygen atoms in total. The molecule has 1 aromatic heterocycles. The van der Waals surface area contributed by atoms with Gasteiger partial charge in [-0.2, -0.15) is 0 Å². The molecule has 1 saturated heterocycles. The zero-order chi connectivity index (χ0) is 13.0. The van der Waals surface area contributed by atoms with Crippen molar-refractivity contribution in [3.05, 3.63) is 34.7 Å². The van der Waals surface area contributed by atoms with Crippen molar-refractivity contribution in [1.29, 1.82) is 0 Å². The second-order valence-corrected chi connectivity index (χ2v) is 5.12. The van der Waals surface area contributed by atoms with Crippen molar-refractivity contribution >= 4 is 5.91 Å². The smallest absolute Gasteiger partial charge is 0.242 e. The van der Waals surface area contributed by atoms with Gasteiger partial charge in [-0.15, -0.1) is 0 Å². The number of amides is 1. The van der Waals surface area contributed by atoms with E-state index in [0.29, 0.717) is 6.54 Å². The first-order valence-corrected chi connectivity index (χ1v) is 6.59. The normalized spacial score (nSPS) is 20.5. The summed E-state index contributed by atoms with van der Waals surface area (Å²) >= 11 is 0. The summed E-state index contributed by atoms with van der Waals surface area (Å²) in [7, 11) is 0. The molecule has 0 aliphatic carbocycles. The third kappa shape index (κ3) is 3.45. The molecule has 0 N–H and O–H groups in total. The van der Waals surface area contributed by atoms with Crippen LogP contribution in [0.3, 0.4) is 0 Å². The third-order valence-electron chi connectivity index (χ3n) is 3.55. The minimum Gasteiger partial charge on any atom is -0.345 e. The second kappa shape index (κ2) is 5.85. The summed E-state index contributed by atoms with van der Waals surface area (Å²) in [5.41, 5.74) is -0.0257.